The summed E-state index contributed by atoms with van der Waals surface area (Å²) in [5.41, 5.74) is 11.4. The Morgan fingerprint density at radius 3 is 2.71 bits per heavy atom. The Bertz CT molecular complexity index is 709. The number of hydrogen-bond acceptors (Lipinski definition) is 3. The molecule has 0 aliphatic carbocycles. The van der Waals surface area contributed by atoms with Gasteiger partial charge in [0.2, 0.25) is 0 Å². The first-order chi connectivity index (χ1) is 11.2. The molecule has 130 valence electrons. The number of benzene rings is 2. The van der Waals surface area contributed by atoms with Crippen molar-refractivity contribution < 1.29 is 9.84 Å². The second kappa shape index (κ2) is 7.61. The van der Waals surface area contributed by atoms with Crippen LogP contribution in [0.25, 0.3) is 0 Å². The number of para-hydroxylation sites is 1. The van der Waals surface area contributed by atoms with Crippen LogP contribution in [-0.4, -0.2) is 11.7 Å². The monoisotopic (exact) mass is 327 g/mol. The predicted molar refractivity (Wildman–Crippen MR) is 101 cm³/mol. The fourth-order valence-corrected chi connectivity index (χ4v) is 3.60. The van der Waals surface area contributed by atoms with Crippen molar-refractivity contribution >= 4 is 5.69 Å². The lowest BCUT2D eigenvalue weighted by Crippen LogP contribution is -2.07. The number of nitrogen functional groups attached to an aromatic ring is 1. The number of phenols is 1. The van der Waals surface area contributed by atoms with Crippen molar-refractivity contribution in [1.82, 2.24) is 0 Å². The van der Waals surface area contributed by atoms with Gasteiger partial charge < -0.3 is 15.6 Å². The van der Waals surface area contributed by atoms with Crippen molar-refractivity contribution in [2.45, 2.75) is 52.9 Å². The molecule has 0 saturated heterocycles. The van der Waals surface area contributed by atoms with Gasteiger partial charge in [-0.05, 0) is 41.7 Å². The van der Waals surface area contributed by atoms with E-state index in [4.69, 9.17) is 10.5 Å². The molecule has 3 rings (SSSR count). The van der Waals surface area contributed by atoms with Gasteiger partial charge in [-0.15, -0.1) is 0 Å². The lowest BCUT2D eigenvalue weighted by Gasteiger charge is -2.22. The Hall–Kier alpha value is -2.16. The summed E-state index contributed by atoms with van der Waals surface area (Å²) in [6, 6.07) is 10.2. The van der Waals surface area contributed by atoms with Crippen LogP contribution < -0.4 is 10.5 Å². The van der Waals surface area contributed by atoms with Crippen molar-refractivity contribution in [2.75, 3.05) is 12.3 Å². The molecule has 0 fully saturated rings. The lowest BCUT2D eigenvalue weighted by molar-refractivity contribution is 0.352. The van der Waals surface area contributed by atoms with Gasteiger partial charge in [-0.3, -0.25) is 0 Å². The summed E-state index contributed by atoms with van der Waals surface area (Å²) in [5, 5.41) is 9.98. The van der Waals surface area contributed by atoms with Gasteiger partial charge in [-0.25, -0.2) is 0 Å². The van der Waals surface area contributed by atoms with Gasteiger partial charge in [0.25, 0.3) is 0 Å². The number of aryl methyl sites for hydroxylation is 1. The first-order valence-corrected chi connectivity index (χ1v) is 8.51. The van der Waals surface area contributed by atoms with E-state index >= 15 is 0 Å². The number of aromatic hydroxyl groups is 1. The van der Waals surface area contributed by atoms with Gasteiger partial charge in [0.15, 0.2) is 0 Å². The van der Waals surface area contributed by atoms with Crippen LogP contribution in [0.1, 0.15) is 62.3 Å². The standard InChI is InChI=1S/C20H25NO2.CH4/c1-3-6-14-11-19(22)18(21)12-17(14)15(4-2)16-8-5-7-13-9-10-23-20(13)16;/h5,7-8,11-12,15,22H,3-4,6,9-10,21H2,1-2H3;1H4. The van der Waals surface area contributed by atoms with Crippen LogP contribution in [0, 0.1) is 0 Å². The Labute approximate surface area is 145 Å². The van der Waals surface area contributed by atoms with Crippen LogP contribution in [0.4, 0.5) is 5.69 Å². The molecule has 1 unspecified atom stereocenters. The third kappa shape index (κ3) is 3.21. The van der Waals surface area contributed by atoms with Gasteiger partial charge in [0.1, 0.15) is 11.5 Å². The number of hydrogen-bond donors (Lipinski definition) is 2. The highest BCUT2D eigenvalue weighted by Gasteiger charge is 2.24. The Kier molecular flexibility index (Phi) is 5.76. The molecule has 0 bridgehead atoms. The molecule has 2 aromatic rings. The van der Waals surface area contributed by atoms with Gasteiger partial charge >= 0.3 is 0 Å². The molecular weight excluding hydrogens is 298 g/mol. The minimum absolute atomic E-state index is 0. The Morgan fingerprint density at radius 1 is 1.21 bits per heavy atom. The van der Waals surface area contributed by atoms with Crippen LogP contribution >= 0.6 is 0 Å². The average Bonchev–Trinajstić information content (AvgIpc) is 3.02. The first kappa shape index (κ1) is 18.2. The van der Waals surface area contributed by atoms with Crippen molar-refractivity contribution in [3.63, 3.8) is 0 Å². The number of nitrogens with two attached hydrogens (primary N) is 1. The Balaban J connectivity index is 0.00000208. The zero-order valence-corrected chi connectivity index (χ0v) is 13.9. The molecule has 1 heterocycles. The van der Waals surface area contributed by atoms with Gasteiger partial charge in [0, 0.05) is 17.9 Å². The maximum absolute atomic E-state index is 9.98. The van der Waals surface area contributed by atoms with Crippen molar-refractivity contribution in [1.29, 1.82) is 0 Å². The van der Waals surface area contributed by atoms with Crippen molar-refractivity contribution in [3.05, 3.63) is 52.6 Å². The van der Waals surface area contributed by atoms with E-state index in [9.17, 15) is 5.11 Å². The van der Waals surface area contributed by atoms with Crippen molar-refractivity contribution in [2.24, 2.45) is 0 Å². The lowest BCUT2D eigenvalue weighted by atomic mass is 9.83. The normalized spacial score (nSPS) is 13.8. The van der Waals surface area contributed by atoms with Crippen LogP contribution in [-0.2, 0) is 12.8 Å². The summed E-state index contributed by atoms with van der Waals surface area (Å²) in [4.78, 5) is 0. The third-order valence-electron chi connectivity index (χ3n) is 4.71. The fraction of sp³-hybridized carbons (Fsp3) is 0.429. The van der Waals surface area contributed by atoms with E-state index in [0.717, 1.165) is 38.0 Å². The summed E-state index contributed by atoms with van der Waals surface area (Å²) in [6.07, 6.45) is 3.94. The summed E-state index contributed by atoms with van der Waals surface area (Å²) in [6.45, 7) is 5.11. The van der Waals surface area contributed by atoms with E-state index in [0.29, 0.717) is 5.69 Å². The van der Waals surface area contributed by atoms with E-state index in [1.807, 2.05) is 12.1 Å². The average molecular weight is 327 g/mol. The predicted octanol–water partition coefficient (Wildman–Crippen LogP) is 5.04. The first-order valence-electron chi connectivity index (χ1n) is 8.51. The minimum atomic E-state index is 0. The molecule has 1 aliphatic heterocycles. The molecule has 1 aliphatic rings. The summed E-state index contributed by atoms with van der Waals surface area (Å²) >= 11 is 0. The number of phenolic OH excluding ortho intramolecular Hbond substituents is 1. The summed E-state index contributed by atoms with van der Waals surface area (Å²) in [7, 11) is 0. The summed E-state index contributed by atoms with van der Waals surface area (Å²) < 4.78 is 5.91. The highest BCUT2D eigenvalue weighted by molar-refractivity contribution is 5.59. The SMILES string of the molecule is C.CCCc1cc(O)c(N)cc1C(CC)c1cccc2c1OCC2. The topological polar surface area (TPSA) is 55.5 Å². The van der Waals surface area contributed by atoms with Crippen LogP contribution in [0.2, 0.25) is 0 Å². The highest BCUT2D eigenvalue weighted by Crippen LogP contribution is 2.41. The molecule has 3 heteroatoms. The van der Waals surface area contributed by atoms with E-state index in [1.54, 1.807) is 0 Å². The van der Waals surface area contributed by atoms with Gasteiger partial charge in [-0.1, -0.05) is 45.9 Å². The molecule has 3 N–H and O–H groups in total. The number of anilines is 1. The quantitative estimate of drug-likeness (QED) is 0.597. The number of fused-ring (bicyclic) bond motifs is 1. The van der Waals surface area contributed by atoms with Crippen LogP contribution in [0.15, 0.2) is 30.3 Å². The molecule has 0 saturated carbocycles. The zero-order valence-electron chi connectivity index (χ0n) is 13.9. The van der Waals surface area contributed by atoms with Crippen molar-refractivity contribution in [3.8, 4) is 11.5 Å². The van der Waals surface area contributed by atoms with E-state index in [-0.39, 0.29) is 19.1 Å². The maximum Gasteiger partial charge on any atom is 0.138 e. The largest absolute Gasteiger partial charge is 0.506 e. The summed E-state index contributed by atoms with van der Waals surface area (Å²) in [5.74, 6) is 1.47. The number of ether oxygens (including phenoxy) is 1. The van der Waals surface area contributed by atoms with E-state index in [2.05, 4.69) is 32.0 Å². The molecular formula is C21H29NO2. The van der Waals surface area contributed by atoms with Crippen LogP contribution in [0.3, 0.4) is 0 Å². The van der Waals surface area contributed by atoms with Gasteiger partial charge in [-0.2, -0.15) is 0 Å². The minimum Gasteiger partial charge on any atom is -0.506 e. The molecule has 1 atom stereocenters. The van der Waals surface area contributed by atoms with E-state index < -0.39 is 0 Å². The molecule has 0 spiro atoms. The van der Waals surface area contributed by atoms with Crippen LogP contribution in [0.5, 0.6) is 11.5 Å². The second-order valence-electron chi connectivity index (χ2n) is 6.25. The molecule has 0 amide bonds. The third-order valence-corrected chi connectivity index (χ3v) is 4.71. The molecule has 0 radical (unpaired) electrons. The van der Waals surface area contributed by atoms with E-state index in [1.165, 1.54) is 22.3 Å². The smallest absolute Gasteiger partial charge is 0.138 e. The zero-order chi connectivity index (χ0) is 16.4. The maximum atomic E-state index is 9.98. The Morgan fingerprint density at radius 2 is 2.00 bits per heavy atom. The van der Waals surface area contributed by atoms with Gasteiger partial charge in [0.05, 0.1) is 12.3 Å². The molecule has 0 aromatic heterocycles. The molecule has 3 nitrogen and oxygen atoms in total. The molecule has 24 heavy (non-hydrogen) atoms. The fourth-order valence-electron chi connectivity index (χ4n) is 3.60. The highest BCUT2D eigenvalue weighted by atomic mass is 16.5. The molecule has 2 aromatic carbocycles. The number of rotatable bonds is 5. The second-order valence-corrected chi connectivity index (χ2v) is 6.25.